The molecule has 90 valence electrons. The van der Waals surface area contributed by atoms with Crippen molar-refractivity contribution < 1.29 is 13.9 Å². The second-order valence-electron chi connectivity index (χ2n) is 3.41. The molecule has 0 saturated heterocycles. The molecule has 0 aliphatic rings. The second kappa shape index (κ2) is 8.07. The van der Waals surface area contributed by atoms with Crippen molar-refractivity contribution in [3.63, 3.8) is 0 Å². The Bertz CT molecular complexity index is 294. The van der Waals surface area contributed by atoms with Crippen LogP contribution in [0.4, 0.5) is 4.39 Å². The minimum atomic E-state index is -0.281. The maximum Gasteiger partial charge on any atom is 0.126 e. The monoisotopic (exact) mass is 227 g/mol. The molecule has 0 unspecified atom stereocenters. The summed E-state index contributed by atoms with van der Waals surface area (Å²) in [6.07, 6.45) is 1.67. The quantitative estimate of drug-likeness (QED) is 0.690. The Balaban J connectivity index is 2.03. The Morgan fingerprint density at radius 3 is 2.69 bits per heavy atom. The van der Waals surface area contributed by atoms with Crippen molar-refractivity contribution in [1.82, 2.24) is 0 Å². The van der Waals surface area contributed by atoms with Crippen LogP contribution in [0.3, 0.4) is 0 Å². The molecule has 0 amide bonds. The van der Waals surface area contributed by atoms with Gasteiger partial charge >= 0.3 is 0 Å². The lowest BCUT2D eigenvalue weighted by molar-refractivity contribution is 0.118. The van der Waals surface area contributed by atoms with Gasteiger partial charge in [-0.25, -0.2) is 4.39 Å². The molecule has 0 spiro atoms. The van der Waals surface area contributed by atoms with Crippen molar-refractivity contribution in [2.45, 2.75) is 12.8 Å². The first kappa shape index (κ1) is 12.9. The van der Waals surface area contributed by atoms with Crippen molar-refractivity contribution in [1.29, 1.82) is 0 Å². The van der Waals surface area contributed by atoms with Crippen LogP contribution in [0.5, 0.6) is 5.75 Å². The summed E-state index contributed by atoms with van der Waals surface area (Å²) in [5, 5.41) is 0. The van der Waals surface area contributed by atoms with Crippen molar-refractivity contribution >= 4 is 0 Å². The highest BCUT2D eigenvalue weighted by Gasteiger charge is 1.95. The lowest BCUT2D eigenvalue weighted by atomic mass is 10.3. The Kier molecular flexibility index (Phi) is 6.53. The van der Waals surface area contributed by atoms with Crippen LogP contribution < -0.4 is 10.5 Å². The van der Waals surface area contributed by atoms with Gasteiger partial charge in [-0.1, -0.05) is 6.07 Å². The minimum Gasteiger partial charge on any atom is -0.493 e. The van der Waals surface area contributed by atoms with Gasteiger partial charge in [0.25, 0.3) is 0 Å². The van der Waals surface area contributed by atoms with E-state index < -0.39 is 0 Å². The average Bonchev–Trinajstić information content (AvgIpc) is 2.28. The van der Waals surface area contributed by atoms with Gasteiger partial charge in [0, 0.05) is 25.7 Å². The van der Waals surface area contributed by atoms with Crippen LogP contribution in [-0.4, -0.2) is 26.4 Å². The second-order valence-corrected chi connectivity index (χ2v) is 3.41. The Hall–Kier alpha value is -1.13. The maximum absolute atomic E-state index is 12.8. The summed E-state index contributed by atoms with van der Waals surface area (Å²) < 4.78 is 23.4. The van der Waals surface area contributed by atoms with Gasteiger partial charge in [-0.2, -0.15) is 0 Å². The van der Waals surface area contributed by atoms with E-state index in [1.54, 1.807) is 12.1 Å². The normalized spacial score (nSPS) is 10.4. The van der Waals surface area contributed by atoms with Crippen LogP contribution in [-0.2, 0) is 4.74 Å². The molecule has 0 heterocycles. The molecule has 1 aromatic carbocycles. The van der Waals surface area contributed by atoms with Crippen LogP contribution in [0.2, 0.25) is 0 Å². The van der Waals surface area contributed by atoms with E-state index in [0.29, 0.717) is 32.1 Å². The summed E-state index contributed by atoms with van der Waals surface area (Å²) in [6.45, 7) is 2.53. The standard InChI is InChI=1S/C12H18FNO2/c13-11-4-1-5-12(10-11)16-9-3-8-15-7-2-6-14/h1,4-5,10H,2-3,6-9,14H2. The third-order valence-corrected chi connectivity index (χ3v) is 1.99. The predicted octanol–water partition coefficient (Wildman–Crippen LogP) is 1.96. The highest BCUT2D eigenvalue weighted by atomic mass is 19.1. The molecule has 0 radical (unpaired) electrons. The Morgan fingerprint density at radius 2 is 1.94 bits per heavy atom. The van der Waals surface area contributed by atoms with E-state index in [1.165, 1.54) is 12.1 Å². The maximum atomic E-state index is 12.8. The molecular weight excluding hydrogens is 209 g/mol. The number of halogens is 1. The van der Waals surface area contributed by atoms with Gasteiger partial charge in [-0.15, -0.1) is 0 Å². The molecule has 16 heavy (non-hydrogen) atoms. The van der Waals surface area contributed by atoms with Crippen LogP contribution in [0.15, 0.2) is 24.3 Å². The number of benzene rings is 1. The fourth-order valence-corrected chi connectivity index (χ4v) is 1.20. The van der Waals surface area contributed by atoms with E-state index in [2.05, 4.69) is 0 Å². The van der Waals surface area contributed by atoms with E-state index in [-0.39, 0.29) is 5.82 Å². The zero-order chi connectivity index (χ0) is 11.6. The smallest absolute Gasteiger partial charge is 0.126 e. The molecule has 3 nitrogen and oxygen atoms in total. The molecule has 0 bridgehead atoms. The molecule has 2 N–H and O–H groups in total. The summed E-state index contributed by atoms with van der Waals surface area (Å²) in [4.78, 5) is 0. The largest absolute Gasteiger partial charge is 0.493 e. The molecule has 0 fully saturated rings. The average molecular weight is 227 g/mol. The van der Waals surface area contributed by atoms with E-state index in [0.717, 1.165) is 12.8 Å². The molecule has 0 aliphatic carbocycles. The number of hydrogen-bond acceptors (Lipinski definition) is 3. The molecule has 4 heteroatoms. The van der Waals surface area contributed by atoms with Gasteiger partial charge < -0.3 is 15.2 Å². The molecule has 0 aliphatic heterocycles. The highest BCUT2D eigenvalue weighted by Crippen LogP contribution is 2.11. The SMILES string of the molecule is NCCCOCCCOc1cccc(F)c1. The third kappa shape index (κ3) is 5.68. The number of rotatable bonds is 8. The van der Waals surface area contributed by atoms with E-state index in [9.17, 15) is 4.39 Å². The lowest BCUT2D eigenvalue weighted by Gasteiger charge is -2.06. The topological polar surface area (TPSA) is 44.5 Å². The van der Waals surface area contributed by atoms with Gasteiger partial charge in [0.05, 0.1) is 6.61 Å². The summed E-state index contributed by atoms with van der Waals surface area (Å²) in [7, 11) is 0. The first-order valence-electron chi connectivity index (χ1n) is 5.49. The molecule has 1 rings (SSSR count). The van der Waals surface area contributed by atoms with E-state index in [4.69, 9.17) is 15.2 Å². The summed E-state index contributed by atoms with van der Waals surface area (Å²) in [6, 6.07) is 6.12. The Morgan fingerprint density at radius 1 is 1.12 bits per heavy atom. The molecule has 0 saturated carbocycles. The van der Waals surface area contributed by atoms with Crippen molar-refractivity contribution in [2.24, 2.45) is 5.73 Å². The van der Waals surface area contributed by atoms with Crippen molar-refractivity contribution in [3.8, 4) is 5.75 Å². The summed E-state index contributed by atoms with van der Waals surface area (Å²) in [5.74, 6) is 0.277. The first-order valence-corrected chi connectivity index (χ1v) is 5.49. The van der Waals surface area contributed by atoms with Gasteiger partial charge in [0.2, 0.25) is 0 Å². The Labute approximate surface area is 95.4 Å². The van der Waals surface area contributed by atoms with Gasteiger partial charge in [0.15, 0.2) is 0 Å². The highest BCUT2D eigenvalue weighted by molar-refractivity contribution is 5.22. The van der Waals surface area contributed by atoms with E-state index in [1.807, 2.05) is 0 Å². The zero-order valence-corrected chi connectivity index (χ0v) is 9.32. The van der Waals surface area contributed by atoms with Crippen LogP contribution in [0.25, 0.3) is 0 Å². The van der Waals surface area contributed by atoms with Gasteiger partial charge in [-0.3, -0.25) is 0 Å². The van der Waals surface area contributed by atoms with Crippen LogP contribution >= 0.6 is 0 Å². The fraction of sp³-hybridized carbons (Fsp3) is 0.500. The lowest BCUT2D eigenvalue weighted by Crippen LogP contribution is -2.07. The molecule has 0 aromatic heterocycles. The van der Waals surface area contributed by atoms with Gasteiger partial charge in [0.1, 0.15) is 11.6 Å². The molecule has 0 atom stereocenters. The van der Waals surface area contributed by atoms with Crippen molar-refractivity contribution in [3.05, 3.63) is 30.1 Å². The van der Waals surface area contributed by atoms with Crippen LogP contribution in [0, 0.1) is 5.82 Å². The summed E-state index contributed by atoms with van der Waals surface area (Å²) >= 11 is 0. The predicted molar refractivity (Wildman–Crippen MR) is 61.0 cm³/mol. The van der Waals surface area contributed by atoms with Crippen LogP contribution in [0.1, 0.15) is 12.8 Å². The fourth-order valence-electron chi connectivity index (χ4n) is 1.20. The molecular formula is C12H18FNO2. The first-order chi connectivity index (χ1) is 7.83. The zero-order valence-electron chi connectivity index (χ0n) is 9.32. The third-order valence-electron chi connectivity index (χ3n) is 1.99. The van der Waals surface area contributed by atoms with Crippen molar-refractivity contribution in [2.75, 3.05) is 26.4 Å². The minimum absolute atomic E-state index is 0.281. The van der Waals surface area contributed by atoms with E-state index >= 15 is 0 Å². The molecule has 1 aromatic rings. The number of hydrogen-bond donors (Lipinski definition) is 1. The number of ether oxygens (including phenoxy) is 2. The summed E-state index contributed by atoms with van der Waals surface area (Å²) in [5.41, 5.74) is 5.32. The van der Waals surface area contributed by atoms with Gasteiger partial charge in [-0.05, 0) is 25.1 Å². The number of nitrogens with two attached hydrogens (primary N) is 1.